The van der Waals surface area contributed by atoms with Gasteiger partial charge < -0.3 is 5.73 Å². The number of nitrogens with two attached hydrogens (primary N) is 1. The van der Waals surface area contributed by atoms with E-state index in [2.05, 4.69) is 9.97 Å². The maximum atomic E-state index is 10.6. The second-order valence-electron chi connectivity index (χ2n) is 3.87. The Morgan fingerprint density at radius 2 is 1.94 bits per heavy atom. The molecule has 0 fully saturated rings. The average Bonchev–Trinajstić information content (AvgIpc) is 2.38. The van der Waals surface area contributed by atoms with Gasteiger partial charge in [-0.15, -0.1) is 0 Å². The van der Waals surface area contributed by atoms with E-state index in [1.54, 1.807) is 0 Å². The Kier molecular flexibility index (Phi) is 3.89. The van der Waals surface area contributed by atoms with Crippen molar-refractivity contribution >= 4 is 23.7 Å². The van der Waals surface area contributed by atoms with Crippen molar-refractivity contribution < 1.29 is 4.79 Å². The van der Waals surface area contributed by atoms with Crippen molar-refractivity contribution in [1.29, 1.82) is 0 Å². The summed E-state index contributed by atoms with van der Waals surface area (Å²) in [5.41, 5.74) is 7.10. The van der Waals surface area contributed by atoms with E-state index < -0.39 is 0 Å². The molecule has 5 heteroatoms. The van der Waals surface area contributed by atoms with Crippen LogP contribution < -0.4 is 5.73 Å². The van der Waals surface area contributed by atoms with Crippen LogP contribution in [-0.2, 0) is 12.8 Å². The molecule has 0 bridgehead atoms. The number of aromatic nitrogens is 2. The Hall–Kier alpha value is -1.94. The number of carbonyl (C=O) groups excluding carboxylic acids is 1. The Morgan fingerprint density at radius 1 is 1.22 bits per heavy atom. The molecule has 2 rings (SSSR count). The van der Waals surface area contributed by atoms with Crippen LogP contribution in [0.5, 0.6) is 0 Å². The summed E-state index contributed by atoms with van der Waals surface area (Å²) in [6.45, 7) is 0. The molecule has 18 heavy (non-hydrogen) atoms. The molecule has 1 aromatic carbocycles. The first-order chi connectivity index (χ1) is 8.69. The maximum Gasteiger partial charge on any atom is 0.155 e. The molecule has 0 amide bonds. The van der Waals surface area contributed by atoms with Crippen LogP contribution in [0.3, 0.4) is 0 Å². The van der Waals surface area contributed by atoms with Gasteiger partial charge in [0, 0.05) is 17.6 Å². The zero-order valence-corrected chi connectivity index (χ0v) is 10.4. The zero-order chi connectivity index (χ0) is 13.0. The number of nitrogens with zero attached hydrogens (tertiary/aromatic N) is 2. The third-order valence-electron chi connectivity index (χ3n) is 2.58. The number of benzene rings is 1. The number of hydrogen-bond acceptors (Lipinski definition) is 4. The summed E-state index contributed by atoms with van der Waals surface area (Å²) in [7, 11) is 0. The predicted octanol–water partition coefficient (Wildman–Crippen LogP) is 2.31. The van der Waals surface area contributed by atoms with Gasteiger partial charge in [-0.2, -0.15) is 0 Å². The second kappa shape index (κ2) is 5.60. The lowest BCUT2D eigenvalue weighted by atomic mass is 10.1. The van der Waals surface area contributed by atoms with Gasteiger partial charge in [-0.1, -0.05) is 23.7 Å². The Morgan fingerprint density at radius 3 is 2.56 bits per heavy atom. The number of carbonyl (C=O) groups is 1. The lowest BCUT2D eigenvalue weighted by molar-refractivity contribution is 0.112. The van der Waals surface area contributed by atoms with E-state index in [0.717, 1.165) is 17.0 Å². The third kappa shape index (κ3) is 3.05. The van der Waals surface area contributed by atoms with Crippen molar-refractivity contribution in [2.24, 2.45) is 0 Å². The number of aryl methyl sites for hydroxylation is 2. The molecular formula is C13H12ClN3O. The molecule has 0 aliphatic carbocycles. The first-order valence-electron chi connectivity index (χ1n) is 5.50. The van der Waals surface area contributed by atoms with Gasteiger partial charge in [0.15, 0.2) is 6.29 Å². The molecule has 92 valence electrons. The molecule has 0 radical (unpaired) electrons. The Bertz CT molecular complexity index is 555. The molecule has 0 aliphatic rings. The van der Waals surface area contributed by atoms with Gasteiger partial charge >= 0.3 is 0 Å². The number of anilines is 1. The van der Waals surface area contributed by atoms with E-state index in [1.807, 2.05) is 24.3 Å². The van der Waals surface area contributed by atoms with Gasteiger partial charge in [-0.25, -0.2) is 9.97 Å². The topological polar surface area (TPSA) is 68.9 Å². The number of hydrogen-bond donors (Lipinski definition) is 1. The summed E-state index contributed by atoms with van der Waals surface area (Å²) in [6.07, 6.45) is 3.58. The average molecular weight is 262 g/mol. The van der Waals surface area contributed by atoms with Crippen LogP contribution in [0.4, 0.5) is 5.82 Å². The highest BCUT2D eigenvalue weighted by atomic mass is 35.5. The Labute approximate surface area is 110 Å². The normalized spacial score (nSPS) is 10.3. The van der Waals surface area contributed by atoms with Crippen molar-refractivity contribution in [3.8, 4) is 0 Å². The quantitative estimate of drug-likeness (QED) is 0.858. The van der Waals surface area contributed by atoms with Crippen LogP contribution >= 0.6 is 11.6 Å². The monoisotopic (exact) mass is 261 g/mol. The molecule has 0 saturated heterocycles. The minimum atomic E-state index is 0.228. The van der Waals surface area contributed by atoms with Gasteiger partial charge in [0.05, 0.1) is 5.56 Å². The number of halogens is 1. The molecular weight excluding hydrogens is 250 g/mol. The van der Waals surface area contributed by atoms with E-state index in [4.69, 9.17) is 17.3 Å². The van der Waals surface area contributed by atoms with Gasteiger partial charge in [0.2, 0.25) is 0 Å². The number of rotatable bonds is 4. The molecule has 0 spiro atoms. The van der Waals surface area contributed by atoms with E-state index in [-0.39, 0.29) is 5.82 Å². The lowest BCUT2D eigenvalue weighted by Crippen LogP contribution is -2.04. The van der Waals surface area contributed by atoms with Crippen LogP contribution in [-0.4, -0.2) is 16.3 Å². The molecule has 0 unspecified atom stereocenters. The smallest absolute Gasteiger partial charge is 0.155 e. The molecule has 0 atom stereocenters. The molecule has 0 saturated carbocycles. The highest BCUT2D eigenvalue weighted by molar-refractivity contribution is 6.30. The molecule has 2 N–H and O–H groups in total. The van der Waals surface area contributed by atoms with Crippen LogP contribution in [0.15, 0.2) is 30.5 Å². The van der Waals surface area contributed by atoms with E-state index in [9.17, 15) is 4.79 Å². The van der Waals surface area contributed by atoms with Crippen LogP contribution in [0.25, 0.3) is 0 Å². The highest BCUT2D eigenvalue weighted by Crippen LogP contribution is 2.12. The first kappa shape index (κ1) is 12.5. The third-order valence-corrected chi connectivity index (χ3v) is 2.83. The predicted molar refractivity (Wildman–Crippen MR) is 70.7 cm³/mol. The maximum absolute atomic E-state index is 10.6. The zero-order valence-electron chi connectivity index (χ0n) is 9.64. The number of nitrogen functional groups attached to an aromatic ring is 1. The number of aldehydes is 1. The summed E-state index contributed by atoms with van der Waals surface area (Å²) in [5, 5.41) is 0.717. The molecule has 2 aromatic rings. The molecule has 4 nitrogen and oxygen atoms in total. The van der Waals surface area contributed by atoms with Crippen LogP contribution in [0, 0.1) is 0 Å². The van der Waals surface area contributed by atoms with Gasteiger partial charge in [0.1, 0.15) is 11.6 Å². The van der Waals surface area contributed by atoms with Crippen molar-refractivity contribution in [1.82, 2.24) is 9.97 Å². The van der Waals surface area contributed by atoms with Crippen molar-refractivity contribution in [3.05, 3.63) is 52.4 Å². The summed E-state index contributed by atoms with van der Waals surface area (Å²) in [4.78, 5) is 18.8. The molecule has 0 aliphatic heterocycles. The SMILES string of the molecule is Nc1nc(CCc2ccc(Cl)cc2)ncc1C=O. The fraction of sp³-hybridized carbons (Fsp3) is 0.154. The standard InChI is InChI=1S/C13H12ClN3O/c14-11-4-1-9(2-5-11)3-6-12-16-7-10(8-18)13(15)17-12/h1-2,4-5,7-8H,3,6H2,(H2,15,16,17). The van der Waals surface area contributed by atoms with E-state index in [1.165, 1.54) is 6.20 Å². The van der Waals surface area contributed by atoms with Crippen LogP contribution in [0.2, 0.25) is 5.02 Å². The summed E-state index contributed by atoms with van der Waals surface area (Å²) in [6, 6.07) is 7.63. The summed E-state index contributed by atoms with van der Waals surface area (Å²) < 4.78 is 0. The van der Waals surface area contributed by atoms with E-state index >= 15 is 0 Å². The minimum Gasteiger partial charge on any atom is -0.383 e. The largest absolute Gasteiger partial charge is 0.383 e. The summed E-state index contributed by atoms with van der Waals surface area (Å²) in [5.74, 6) is 0.860. The lowest BCUT2D eigenvalue weighted by Gasteiger charge is -2.03. The van der Waals surface area contributed by atoms with E-state index in [0.29, 0.717) is 24.1 Å². The van der Waals surface area contributed by atoms with Gasteiger partial charge in [-0.3, -0.25) is 4.79 Å². The second-order valence-corrected chi connectivity index (χ2v) is 4.31. The fourth-order valence-electron chi connectivity index (χ4n) is 1.56. The first-order valence-corrected chi connectivity index (χ1v) is 5.88. The van der Waals surface area contributed by atoms with Crippen molar-refractivity contribution in [2.45, 2.75) is 12.8 Å². The van der Waals surface area contributed by atoms with Gasteiger partial charge in [-0.05, 0) is 24.1 Å². The summed E-state index contributed by atoms with van der Waals surface area (Å²) >= 11 is 5.81. The van der Waals surface area contributed by atoms with Crippen molar-refractivity contribution in [3.63, 3.8) is 0 Å². The Balaban J connectivity index is 2.04. The molecule has 1 heterocycles. The highest BCUT2D eigenvalue weighted by Gasteiger charge is 2.03. The fourth-order valence-corrected chi connectivity index (χ4v) is 1.69. The minimum absolute atomic E-state index is 0.228. The van der Waals surface area contributed by atoms with Gasteiger partial charge in [0.25, 0.3) is 0 Å². The van der Waals surface area contributed by atoms with Crippen molar-refractivity contribution in [2.75, 3.05) is 5.73 Å². The molecule has 1 aromatic heterocycles. The van der Waals surface area contributed by atoms with Crippen LogP contribution in [0.1, 0.15) is 21.7 Å².